The van der Waals surface area contributed by atoms with E-state index in [0.717, 1.165) is 19.0 Å². The molecule has 0 aromatic heterocycles. The van der Waals surface area contributed by atoms with Gasteiger partial charge in [0.05, 0.1) is 0 Å². The highest BCUT2D eigenvalue weighted by Crippen LogP contribution is 2.14. The van der Waals surface area contributed by atoms with E-state index in [0.29, 0.717) is 5.92 Å². The molecule has 2 N–H and O–H groups in total. The first kappa shape index (κ1) is 17.9. The smallest absolute Gasteiger partial charge is 0.190 e. The van der Waals surface area contributed by atoms with Crippen LogP contribution >= 0.6 is 11.8 Å². The molecule has 4 heteroatoms. The molecule has 1 aromatic rings. The monoisotopic (exact) mass is 307 g/mol. The van der Waals surface area contributed by atoms with Crippen molar-refractivity contribution in [2.24, 2.45) is 4.99 Å². The van der Waals surface area contributed by atoms with Gasteiger partial charge in [0.1, 0.15) is 0 Å². The first-order chi connectivity index (χ1) is 10.2. The summed E-state index contributed by atoms with van der Waals surface area (Å²) in [4.78, 5) is 4.27. The Bertz CT molecular complexity index is 415. The second-order valence-corrected chi connectivity index (χ2v) is 6.38. The normalized spacial score (nSPS) is 13.0. The van der Waals surface area contributed by atoms with Gasteiger partial charge in [0.25, 0.3) is 0 Å². The average molecular weight is 308 g/mol. The van der Waals surface area contributed by atoms with Crippen molar-refractivity contribution in [2.75, 3.05) is 32.1 Å². The molecular weight excluding hydrogens is 278 g/mol. The second kappa shape index (κ2) is 10.6. The Kier molecular flexibility index (Phi) is 8.99. The van der Waals surface area contributed by atoms with E-state index in [9.17, 15) is 0 Å². The number of aliphatic imine (C=N–C) groups is 1. The largest absolute Gasteiger partial charge is 0.356 e. The molecule has 1 atom stereocenters. The van der Waals surface area contributed by atoms with Crippen LogP contribution in [0.4, 0.5) is 0 Å². The third-order valence-corrected chi connectivity index (χ3v) is 4.21. The second-order valence-electron chi connectivity index (χ2n) is 5.39. The molecule has 0 aliphatic heterocycles. The highest BCUT2D eigenvalue weighted by molar-refractivity contribution is 7.98. The number of hydrogen-bond donors (Lipinski definition) is 2. The van der Waals surface area contributed by atoms with E-state index in [2.05, 4.69) is 60.0 Å². The third kappa shape index (κ3) is 7.42. The van der Waals surface area contributed by atoms with Gasteiger partial charge in [0, 0.05) is 20.1 Å². The minimum Gasteiger partial charge on any atom is -0.356 e. The average Bonchev–Trinajstić information content (AvgIpc) is 2.50. The van der Waals surface area contributed by atoms with E-state index in [4.69, 9.17) is 0 Å². The summed E-state index contributed by atoms with van der Waals surface area (Å²) in [5.74, 6) is 2.61. The van der Waals surface area contributed by atoms with Gasteiger partial charge in [-0.2, -0.15) is 11.8 Å². The number of nitrogens with one attached hydrogen (secondary N) is 2. The van der Waals surface area contributed by atoms with Crippen LogP contribution < -0.4 is 10.6 Å². The van der Waals surface area contributed by atoms with E-state index in [1.807, 2.05) is 18.8 Å². The van der Waals surface area contributed by atoms with Crippen molar-refractivity contribution in [1.82, 2.24) is 10.6 Å². The van der Waals surface area contributed by atoms with Gasteiger partial charge in [0.15, 0.2) is 5.96 Å². The van der Waals surface area contributed by atoms with Crippen molar-refractivity contribution in [1.29, 1.82) is 0 Å². The molecule has 0 aliphatic carbocycles. The van der Waals surface area contributed by atoms with Crippen LogP contribution in [0.3, 0.4) is 0 Å². The fourth-order valence-electron chi connectivity index (χ4n) is 2.06. The summed E-state index contributed by atoms with van der Waals surface area (Å²) in [5.41, 5.74) is 2.67. The molecule has 1 unspecified atom stereocenters. The lowest BCUT2D eigenvalue weighted by Crippen LogP contribution is -2.39. The van der Waals surface area contributed by atoms with E-state index >= 15 is 0 Å². The quantitative estimate of drug-likeness (QED) is 0.439. The predicted octanol–water partition coefficient (Wildman–Crippen LogP) is 3.41. The van der Waals surface area contributed by atoms with Crippen LogP contribution in [0.2, 0.25) is 0 Å². The van der Waals surface area contributed by atoms with Gasteiger partial charge in [-0.3, -0.25) is 4.99 Å². The minimum absolute atomic E-state index is 0.473. The van der Waals surface area contributed by atoms with Gasteiger partial charge >= 0.3 is 0 Å². The molecule has 0 saturated heterocycles. The summed E-state index contributed by atoms with van der Waals surface area (Å²) in [7, 11) is 1.83. The molecule has 118 valence electrons. The Morgan fingerprint density at radius 3 is 2.52 bits per heavy atom. The Morgan fingerprint density at radius 1 is 1.19 bits per heavy atom. The van der Waals surface area contributed by atoms with Gasteiger partial charge < -0.3 is 10.6 Å². The molecule has 0 amide bonds. The van der Waals surface area contributed by atoms with E-state index in [1.165, 1.54) is 29.7 Å². The van der Waals surface area contributed by atoms with Crippen molar-refractivity contribution < 1.29 is 0 Å². The molecule has 0 spiro atoms. The summed E-state index contributed by atoms with van der Waals surface area (Å²) in [5, 5.41) is 6.78. The topological polar surface area (TPSA) is 36.4 Å². The Balaban J connectivity index is 2.29. The summed E-state index contributed by atoms with van der Waals surface area (Å²) >= 11 is 1.91. The number of guanidine groups is 1. The molecule has 0 aliphatic rings. The number of rotatable bonds is 8. The van der Waals surface area contributed by atoms with Gasteiger partial charge in [0.2, 0.25) is 0 Å². The minimum atomic E-state index is 0.473. The van der Waals surface area contributed by atoms with E-state index in [-0.39, 0.29) is 0 Å². The number of aryl methyl sites for hydroxylation is 1. The van der Waals surface area contributed by atoms with Crippen LogP contribution in [0.25, 0.3) is 0 Å². The van der Waals surface area contributed by atoms with Crippen LogP contribution in [-0.2, 0) is 0 Å². The van der Waals surface area contributed by atoms with Gasteiger partial charge in [-0.05, 0) is 43.3 Å². The lowest BCUT2D eigenvalue weighted by Gasteiger charge is -2.16. The maximum atomic E-state index is 4.27. The first-order valence-electron chi connectivity index (χ1n) is 7.67. The zero-order valence-corrected chi connectivity index (χ0v) is 14.6. The molecule has 3 nitrogen and oxygen atoms in total. The number of hydrogen-bond acceptors (Lipinski definition) is 2. The van der Waals surface area contributed by atoms with Crippen LogP contribution in [-0.4, -0.2) is 38.1 Å². The predicted molar refractivity (Wildman–Crippen MR) is 96.6 cm³/mol. The van der Waals surface area contributed by atoms with Crippen molar-refractivity contribution in [3.8, 4) is 0 Å². The van der Waals surface area contributed by atoms with Crippen LogP contribution in [0.15, 0.2) is 29.3 Å². The first-order valence-corrected chi connectivity index (χ1v) is 9.06. The third-order valence-electron chi connectivity index (χ3n) is 3.51. The Hall–Kier alpha value is -1.16. The highest BCUT2D eigenvalue weighted by atomic mass is 32.2. The van der Waals surface area contributed by atoms with Crippen LogP contribution in [0, 0.1) is 6.92 Å². The zero-order chi connectivity index (χ0) is 15.5. The summed E-state index contributed by atoms with van der Waals surface area (Å²) in [6, 6.07) is 8.76. The maximum absolute atomic E-state index is 4.27. The summed E-state index contributed by atoms with van der Waals surface area (Å²) in [6.45, 7) is 6.24. The molecule has 21 heavy (non-hydrogen) atoms. The van der Waals surface area contributed by atoms with Crippen molar-refractivity contribution in [3.05, 3.63) is 35.4 Å². The zero-order valence-electron chi connectivity index (χ0n) is 13.8. The number of unbranched alkanes of at least 4 members (excludes halogenated alkanes) is 1. The fraction of sp³-hybridized carbons (Fsp3) is 0.588. The standard InChI is InChI=1S/C17H29N3S/c1-14-7-9-16(10-8-14)15(2)13-20-17(18-3)19-11-5-6-12-21-4/h7-10,15H,5-6,11-13H2,1-4H3,(H2,18,19,20). The highest BCUT2D eigenvalue weighted by Gasteiger charge is 2.06. The fourth-order valence-corrected chi connectivity index (χ4v) is 2.55. The lowest BCUT2D eigenvalue weighted by molar-refractivity contribution is 0.686. The lowest BCUT2D eigenvalue weighted by atomic mass is 10.0. The van der Waals surface area contributed by atoms with Gasteiger partial charge in [-0.1, -0.05) is 36.8 Å². The van der Waals surface area contributed by atoms with E-state index < -0.39 is 0 Å². The Labute approximate surface area is 134 Å². The van der Waals surface area contributed by atoms with Crippen LogP contribution in [0.5, 0.6) is 0 Å². The molecule has 0 bridgehead atoms. The van der Waals surface area contributed by atoms with E-state index in [1.54, 1.807) is 0 Å². The molecular formula is C17H29N3S. The Morgan fingerprint density at radius 2 is 1.90 bits per heavy atom. The SMILES string of the molecule is CN=C(NCCCCSC)NCC(C)c1ccc(C)cc1. The molecule has 0 radical (unpaired) electrons. The maximum Gasteiger partial charge on any atom is 0.190 e. The molecule has 1 rings (SSSR count). The molecule has 0 saturated carbocycles. The molecule has 0 heterocycles. The number of nitrogens with zero attached hydrogens (tertiary/aromatic N) is 1. The van der Waals surface area contributed by atoms with Crippen molar-refractivity contribution in [2.45, 2.75) is 32.6 Å². The van der Waals surface area contributed by atoms with Crippen molar-refractivity contribution >= 4 is 17.7 Å². The summed E-state index contributed by atoms with van der Waals surface area (Å²) in [6.07, 6.45) is 4.60. The number of thioether (sulfide) groups is 1. The van der Waals surface area contributed by atoms with Gasteiger partial charge in [-0.15, -0.1) is 0 Å². The van der Waals surface area contributed by atoms with Crippen LogP contribution in [0.1, 0.15) is 36.8 Å². The summed E-state index contributed by atoms with van der Waals surface area (Å²) < 4.78 is 0. The molecule has 0 fully saturated rings. The molecule has 1 aromatic carbocycles. The number of benzene rings is 1. The van der Waals surface area contributed by atoms with Gasteiger partial charge in [-0.25, -0.2) is 0 Å². The van der Waals surface area contributed by atoms with Crippen molar-refractivity contribution in [3.63, 3.8) is 0 Å².